The molecule has 0 saturated heterocycles. The van der Waals surface area contributed by atoms with Crippen LogP contribution in [0.2, 0.25) is 0 Å². The Morgan fingerprint density at radius 3 is 0.522 bits per heavy atom. The Kier molecular flexibility index (Phi) is 74.7. The van der Waals surface area contributed by atoms with E-state index in [0.29, 0.717) is 19.3 Å². The van der Waals surface area contributed by atoms with Crippen molar-refractivity contribution in [1.82, 2.24) is 0 Å². The summed E-state index contributed by atoms with van der Waals surface area (Å²) in [6, 6.07) is 0. The largest absolute Gasteiger partial charge is 0.481 e. The first kappa shape index (κ1) is 72.4. The van der Waals surface area contributed by atoms with Crippen LogP contribution in [0.15, 0.2) is 36.5 Å². The maximum atomic E-state index is 10.4. The normalized spacial score (nSPS) is 11.1. The number of rotatable bonds is 51. The number of hydrogen-bond donors (Lipinski definition) is 3. The summed E-state index contributed by atoms with van der Waals surface area (Å²) in [5.41, 5.74) is 0. The number of hydrogen-bond acceptors (Lipinski definition) is 3. The van der Waals surface area contributed by atoms with Crippen molar-refractivity contribution >= 4 is 17.9 Å². The monoisotopic (exact) mass is 1100 g/mol. The summed E-state index contributed by atoms with van der Waals surface area (Å²) < 4.78 is 0. The molecule has 0 radical (unpaired) electrons. The smallest absolute Gasteiger partial charge is 0.303 e. The maximum Gasteiger partial charge on any atom is 0.303 e. The second-order valence-corrected chi connectivity index (χ2v) is 19.3. The van der Waals surface area contributed by atoms with E-state index in [0.717, 1.165) is 38.5 Å². The predicted molar refractivity (Wildman–Crippen MR) is 289 cm³/mol. The van der Waals surface area contributed by atoms with Crippen LogP contribution in [0, 0.1) is 37.3 Å². The zero-order chi connectivity index (χ0) is 48.9. The Balaban J connectivity index is -0.000000441. The molecule has 0 fully saturated rings. The zero-order valence-electron chi connectivity index (χ0n) is 44.8. The fourth-order valence-corrected chi connectivity index (χ4v) is 8.10. The van der Waals surface area contributed by atoms with Gasteiger partial charge in [0.05, 0.1) is 0 Å². The van der Waals surface area contributed by atoms with Gasteiger partial charge in [-0.1, -0.05) is 250 Å². The van der Waals surface area contributed by atoms with Gasteiger partial charge in [0.25, 0.3) is 0 Å². The fraction of sp³-hybridized carbons (Fsp3) is 0.850. The molecular formula is C60H114ErO6. The van der Waals surface area contributed by atoms with Gasteiger partial charge in [-0.2, -0.15) is 0 Å². The van der Waals surface area contributed by atoms with Crippen LogP contribution in [0.1, 0.15) is 329 Å². The third-order valence-electron chi connectivity index (χ3n) is 12.5. The zero-order valence-corrected chi connectivity index (χ0v) is 46.6. The molecule has 6 nitrogen and oxygen atoms in total. The first-order valence-corrected chi connectivity index (χ1v) is 28.9. The Morgan fingerprint density at radius 1 is 0.239 bits per heavy atom. The average molecular weight is 1100 g/mol. The Morgan fingerprint density at radius 2 is 0.373 bits per heavy atom. The molecule has 0 bridgehead atoms. The van der Waals surface area contributed by atoms with Crippen molar-refractivity contribution in [2.75, 3.05) is 0 Å². The first-order valence-electron chi connectivity index (χ1n) is 28.9. The molecule has 0 aliphatic rings. The van der Waals surface area contributed by atoms with Gasteiger partial charge >= 0.3 is 17.9 Å². The van der Waals surface area contributed by atoms with Crippen molar-refractivity contribution in [1.29, 1.82) is 0 Å². The van der Waals surface area contributed by atoms with Crippen LogP contribution in [0.5, 0.6) is 0 Å². The molecule has 0 amide bonds. The van der Waals surface area contributed by atoms with Crippen LogP contribution in [0.25, 0.3) is 0 Å². The van der Waals surface area contributed by atoms with E-state index >= 15 is 0 Å². The molecule has 402 valence electrons. The predicted octanol–water partition coefficient (Wildman–Crippen LogP) is 20.7. The molecule has 3 N–H and O–H groups in total. The van der Waals surface area contributed by atoms with E-state index < -0.39 is 17.9 Å². The standard InChI is InChI=1S/3C20H38O2.Er/c3*1-2-3-4-5-6-7-8-9-10-11-12-13-14-15-16-17-18-19-20(21)22;/h3*9-10H,2-8,11-19H2,1H3,(H,21,22);/b3*10-9-;. The van der Waals surface area contributed by atoms with Gasteiger partial charge in [-0.3, -0.25) is 14.4 Å². The number of aliphatic carboxylic acids is 3. The molecule has 7 heteroatoms. The minimum absolute atomic E-state index is 0. The average Bonchev–Trinajstić information content (AvgIpc) is 3.29. The van der Waals surface area contributed by atoms with E-state index in [1.54, 1.807) is 0 Å². The number of unbranched alkanes of at least 4 members (excludes halogenated alkanes) is 39. The summed E-state index contributed by atoms with van der Waals surface area (Å²) in [5, 5.41) is 25.6. The second-order valence-electron chi connectivity index (χ2n) is 19.3. The summed E-state index contributed by atoms with van der Waals surface area (Å²) in [6.07, 6.45) is 72.5. The van der Waals surface area contributed by atoms with Gasteiger partial charge < -0.3 is 15.3 Å². The molecule has 0 heterocycles. The summed E-state index contributed by atoms with van der Waals surface area (Å²) >= 11 is 0. The van der Waals surface area contributed by atoms with Crippen molar-refractivity contribution < 1.29 is 67.0 Å². The van der Waals surface area contributed by atoms with Crippen LogP contribution < -0.4 is 0 Å². The van der Waals surface area contributed by atoms with E-state index in [2.05, 4.69) is 57.2 Å². The number of allylic oxidation sites excluding steroid dienone is 6. The molecule has 0 aromatic carbocycles. The van der Waals surface area contributed by atoms with Gasteiger partial charge in [-0.05, 0) is 96.3 Å². The molecule has 0 aliphatic heterocycles. The van der Waals surface area contributed by atoms with Gasteiger partial charge in [-0.15, -0.1) is 0 Å². The second kappa shape index (κ2) is 69.1. The Bertz CT molecular complexity index is 911. The third-order valence-corrected chi connectivity index (χ3v) is 12.5. The Labute approximate surface area is 447 Å². The summed E-state index contributed by atoms with van der Waals surface area (Å²) in [5.74, 6) is -1.98. The molecule has 0 aromatic rings. The molecule has 0 rings (SSSR count). The van der Waals surface area contributed by atoms with Crippen LogP contribution in [-0.2, 0) is 14.4 Å². The van der Waals surface area contributed by atoms with Crippen LogP contribution in [0.4, 0.5) is 0 Å². The molecular weight excluding hydrogens is 984 g/mol. The van der Waals surface area contributed by atoms with E-state index in [1.165, 1.54) is 250 Å². The van der Waals surface area contributed by atoms with Gasteiger partial charge in [0.2, 0.25) is 0 Å². The van der Waals surface area contributed by atoms with Gasteiger partial charge in [-0.25, -0.2) is 0 Å². The Hall–Kier alpha value is -1.12. The minimum Gasteiger partial charge on any atom is -0.481 e. The van der Waals surface area contributed by atoms with Gasteiger partial charge in [0, 0.05) is 56.6 Å². The molecule has 67 heavy (non-hydrogen) atoms. The topological polar surface area (TPSA) is 112 Å². The number of carbonyl (C=O) groups is 3. The van der Waals surface area contributed by atoms with Crippen molar-refractivity contribution in [2.45, 2.75) is 329 Å². The molecule has 0 atom stereocenters. The van der Waals surface area contributed by atoms with Gasteiger partial charge in [0.15, 0.2) is 0 Å². The maximum absolute atomic E-state index is 10.4. The van der Waals surface area contributed by atoms with Crippen LogP contribution >= 0.6 is 0 Å². The van der Waals surface area contributed by atoms with Crippen LogP contribution in [-0.4, -0.2) is 33.2 Å². The summed E-state index contributed by atoms with van der Waals surface area (Å²) in [6.45, 7) is 6.80. The quantitative estimate of drug-likeness (QED) is 0.0413. The molecule has 0 aromatic heterocycles. The van der Waals surface area contributed by atoms with E-state index in [9.17, 15) is 14.4 Å². The number of carboxylic acid groups (broad SMARTS) is 3. The molecule has 0 unspecified atom stereocenters. The van der Waals surface area contributed by atoms with Crippen LogP contribution in [0.3, 0.4) is 0 Å². The van der Waals surface area contributed by atoms with Crippen molar-refractivity contribution in [2.24, 2.45) is 0 Å². The number of carboxylic acids is 3. The summed E-state index contributed by atoms with van der Waals surface area (Å²) in [7, 11) is 0. The molecule has 0 spiro atoms. The van der Waals surface area contributed by atoms with E-state index in [1.807, 2.05) is 0 Å². The summed E-state index contributed by atoms with van der Waals surface area (Å²) in [4.78, 5) is 31.1. The minimum atomic E-state index is -0.659. The fourth-order valence-electron chi connectivity index (χ4n) is 8.10. The van der Waals surface area contributed by atoms with Crippen molar-refractivity contribution in [3.63, 3.8) is 0 Å². The first-order chi connectivity index (χ1) is 32.3. The SMILES string of the molecule is CCCCCCCC/C=C\CCCCCCCCCC(=O)O.CCCCCCCC/C=C\CCCCCCCCCC(=O)O.CCCCCCCC/C=C\CCCCCCCCCC(=O)O.[Er]. The molecule has 0 aliphatic carbocycles. The van der Waals surface area contributed by atoms with Crippen molar-refractivity contribution in [3.05, 3.63) is 36.5 Å². The van der Waals surface area contributed by atoms with Crippen molar-refractivity contribution in [3.8, 4) is 0 Å². The molecule has 0 saturated carbocycles. The van der Waals surface area contributed by atoms with E-state index in [4.69, 9.17) is 15.3 Å². The third kappa shape index (κ3) is 82.1. The van der Waals surface area contributed by atoms with E-state index in [-0.39, 0.29) is 37.3 Å². The van der Waals surface area contributed by atoms with Gasteiger partial charge in [0.1, 0.15) is 0 Å².